The summed E-state index contributed by atoms with van der Waals surface area (Å²) in [6, 6.07) is 0. The normalized spacial score (nSPS) is 15.8. The zero-order chi connectivity index (χ0) is 14.3. The van der Waals surface area contributed by atoms with Crippen LogP contribution >= 0.6 is 12.4 Å². The van der Waals surface area contributed by atoms with E-state index in [2.05, 4.69) is 20.2 Å². The van der Waals surface area contributed by atoms with Gasteiger partial charge in [-0.25, -0.2) is 4.79 Å². The summed E-state index contributed by atoms with van der Waals surface area (Å²) in [5.41, 5.74) is 0.0833. The van der Waals surface area contributed by atoms with Crippen LogP contribution < -0.4 is 21.5 Å². The quantitative estimate of drug-likeness (QED) is 0.718. The Morgan fingerprint density at radius 3 is 2.62 bits per heavy atom. The molecule has 1 aliphatic rings. The number of nitrogens with zero attached hydrogens (tertiary/aromatic N) is 4. The molecule has 21 heavy (non-hydrogen) atoms. The third kappa shape index (κ3) is 2.56. The van der Waals surface area contributed by atoms with Crippen LogP contribution in [-0.2, 0) is 14.1 Å². The predicted molar refractivity (Wildman–Crippen MR) is 83.5 cm³/mol. The van der Waals surface area contributed by atoms with E-state index in [9.17, 15) is 9.59 Å². The standard InChI is InChI=1S/C12H18N6O2.ClH/c1-16-9-8(10(19)17(2)12(16)20)14-11(15-9)18-6-3-4-13-5-7-18;/h13H,3-7H2,1-2H3,(H,14,15);1H. The maximum absolute atomic E-state index is 12.1. The van der Waals surface area contributed by atoms with Crippen molar-refractivity contribution >= 4 is 29.5 Å². The summed E-state index contributed by atoms with van der Waals surface area (Å²) in [4.78, 5) is 33.6. The Bertz CT molecular complexity index is 753. The van der Waals surface area contributed by atoms with Crippen molar-refractivity contribution < 1.29 is 0 Å². The number of imidazole rings is 1. The second kappa shape index (κ2) is 5.90. The molecule has 3 heterocycles. The molecule has 2 aromatic rings. The van der Waals surface area contributed by atoms with Gasteiger partial charge in [0.1, 0.15) is 0 Å². The van der Waals surface area contributed by atoms with Crippen LogP contribution in [0.5, 0.6) is 0 Å². The second-order valence-corrected chi connectivity index (χ2v) is 5.06. The molecule has 0 unspecified atom stereocenters. The summed E-state index contributed by atoms with van der Waals surface area (Å²) < 4.78 is 2.49. The van der Waals surface area contributed by atoms with Gasteiger partial charge >= 0.3 is 5.69 Å². The highest BCUT2D eigenvalue weighted by molar-refractivity contribution is 5.85. The van der Waals surface area contributed by atoms with Gasteiger partial charge in [0.15, 0.2) is 11.2 Å². The molecule has 0 aromatic carbocycles. The zero-order valence-electron chi connectivity index (χ0n) is 12.0. The fraction of sp³-hybridized carbons (Fsp3) is 0.583. The number of hydrogen-bond donors (Lipinski definition) is 2. The zero-order valence-corrected chi connectivity index (χ0v) is 12.9. The third-order valence-corrected chi connectivity index (χ3v) is 3.72. The second-order valence-electron chi connectivity index (χ2n) is 5.06. The van der Waals surface area contributed by atoms with Crippen molar-refractivity contribution in [3.05, 3.63) is 20.8 Å². The Morgan fingerprint density at radius 2 is 1.86 bits per heavy atom. The molecule has 0 amide bonds. The minimum Gasteiger partial charge on any atom is -0.341 e. The van der Waals surface area contributed by atoms with Crippen molar-refractivity contribution in [3.8, 4) is 0 Å². The minimum absolute atomic E-state index is 0. The fourth-order valence-electron chi connectivity index (χ4n) is 2.52. The number of halogens is 1. The number of aromatic amines is 1. The first-order valence-corrected chi connectivity index (χ1v) is 6.71. The Morgan fingerprint density at radius 1 is 1.10 bits per heavy atom. The molecule has 1 fully saturated rings. The lowest BCUT2D eigenvalue weighted by Gasteiger charge is -2.18. The Kier molecular flexibility index (Phi) is 4.38. The topological polar surface area (TPSA) is 87.9 Å². The summed E-state index contributed by atoms with van der Waals surface area (Å²) in [7, 11) is 3.10. The van der Waals surface area contributed by atoms with Crippen LogP contribution in [0.25, 0.3) is 11.2 Å². The van der Waals surface area contributed by atoms with E-state index in [1.807, 2.05) is 0 Å². The van der Waals surface area contributed by atoms with E-state index in [4.69, 9.17) is 0 Å². The molecule has 9 heteroatoms. The molecule has 2 aromatic heterocycles. The highest BCUT2D eigenvalue weighted by Crippen LogP contribution is 2.14. The van der Waals surface area contributed by atoms with E-state index < -0.39 is 0 Å². The summed E-state index contributed by atoms with van der Waals surface area (Å²) >= 11 is 0. The van der Waals surface area contributed by atoms with Crippen LogP contribution in [0, 0.1) is 0 Å². The lowest BCUT2D eigenvalue weighted by atomic mass is 10.4. The average molecular weight is 315 g/mol. The van der Waals surface area contributed by atoms with Crippen molar-refractivity contribution in [2.24, 2.45) is 14.1 Å². The minimum atomic E-state index is -0.363. The molecular formula is C12H19ClN6O2. The van der Waals surface area contributed by atoms with E-state index in [0.29, 0.717) is 17.1 Å². The largest absolute Gasteiger partial charge is 0.341 e. The number of H-pyrrole nitrogens is 1. The average Bonchev–Trinajstić information content (AvgIpc) is 2.71. The lowest BCUT2D eigenvalue weighted by molar-refractivity contribution is 0.708. The molecule has 116 valence electrons. The highest BCUT2D eigenvalue weighted by atomic mass is 35.5. The molecule has 1 aliphatic heterocycles. The van der Waals surface area contributed by atoms with Gasteiger partial charge < -0.3 is 15.2 Å². The van der Waals surface area contributed by atoms with Crippen molar-refractivity contribution in [2.75, 3.05) is 31.1 Å². The molecular weight excluding hydrogens is 296 g/mol. The van der Waals surface area contributed by atoms with Crippen molar-refractivity contribution in [1.82, 2.24) is 24.4 Å². The summed E-state index contributed by atoms with van der Waals surface area (Å²) in [5.74, 6) is 0.655. The van der Waals surface area contributed by atoms with E-state index >= 15 is 0 Å². The van der Waals surface area contributed by atoms with E-state index in [1.165, 1.54) is 11.6 Å². The number of anilines is 1. The van der Waals surface area contributed by atoms with Crippen LogP contribution in [0.2, 0.25) is 0 Å². The first-order chi connectivity index (χ1) is 9.59. The molecule has 0 bridgehead atoms. The highest BCUT2D eigenvalue weighted by Gasteiger charge is 2.17. The summed E-state index contributed by atoms with van der Waals surface area (Å²) in [6.45, 7) is 3.57. The number of fused-ring (bicyclic) bond motifs is 1. The molecule has 0 atom stereocenters. The maximum Gasteiger partial charge on any atom is 0.332 e. The molecule has 0 radical (unpaired) electrons. The third-order valence-electron chi connectivity index (χ3n) is 3.72. The SMILES string of the molecule is Cl.Cn1c(=O)c2[nH]c(N3CCCNCC3)nc2n(C)c1=O. The van der Waals surface area contributed by atoms with Gasteiger partial charge in [-0.1, -0.05) is 0 Å². The maximum atomic E-state index is 12.1. The molecule has 0 saturated carbocycles. The van der Waals surface area contributed by atoms with Crippen molar-refractivity contribution in [1.29, 1.82) is 0 Å². The van der Waals surface area contributed by atoms with Gasteiger partial charge in [0.25, 0.3) is 5.56 Å². The number of hydrogen-bond acceptors (Lipinski definition) is 5. The van der Waals surface area contributed by atoms with Crippen molar-refractivity contribution in [2.45, 2.75) is 6.42 Å². The van der Waals surface area contributed by atoms with Crippen LogP contribution in [0.4, 0.5) is 5.95 Å². The number of aryl methyl sites for hydroxylation is 1. The smallest absolute Gasteiger partial charge is 0.332 e. The van der Waals surface area contributed by atoms with Crippen LogP contribution in [0.1, 0.15) is 6.42 Å². The van der Waals surface area contributed by atoms with Gasteiger partial charge in [0, 0.05) is 33.7 Å². The van der Waals surface area contributed by atoms with Gasteiger partial charge in [-0.05, 0) is 13.0 Å². The van der Waals surface area contributed by atoms with Gasteiger partial charge in [-0.15, -0.1) is 12.4 Å². The number of nitrogens with one attached hydrogen (secondary N) is 2. The monoisotopic (exact) mass is 314 g/mol. The molecule has 8 nitrogen and oxygen atoms in total. The number of rotatable bonds is 1. The fourth-order valence-corrected chi connectivity index (χ4v) is 2.52. The van der Waals surface area contributed by atoms with Gasteiger partial charge in [-0.3, -0.25) is 13.9 Å². The van der Waals surface area contributed by atoms with E-state index in [0.717, 1.165) is 37.2 Å². The predicted octanol–water partition coefficient (Wildman–Crippen LogP) is -0.818. The molecule has 0 spiro atoms. The lowest BCUT2D eigenvalue weighted by Crippen LogP contribution is -2.36. The Labute approximate surface area is 127 Å². The Balaban J connectivity index is 0.00000161. The van der Waals surface area contributed by atoms with E-state index in [1.54, 1.807) is 7.05 Å². The summed E-state index contributed by atoms with van der Waals surface area (Å²) in [6.07, 6.45) is 1.02. The molecule has 0 aliphatic carbocycles. The number of aromatic nitrogens is 4. The van der Waals surface area contributed by atoms with Crippen LogP contribution in [0.3, 0.4) is 0 Å². The van der Waals surface area contributed by atoms with E-state index in [-0.39, 0.29) is 23.7 Å². The van der Waals surface area contributed by atoms with Gasteiger partial charge in [0.2, 0.25) is 5.95 Å². The Hall–Kier alpha value is -1.80. The van der Waals surface area contributed by atoms with Crippen LogP contribution in [-0.4, -0.2) is 45.3 Å². The van der Waals surface area contributed by atoms with Gasteiger partial charge in [0.05, 0.1) is 0 Å². The first-order valence-electron chi connectivity index (χ1n) is 6.71. The molecule has 1 saturated heterocycles. The first kappa shape index (κ1) is 15.6. The molecule has 2 N–H and O–H groups in total. The van der Waals surface area contributed by atoms with Gasteiger partial charge in [-0.2, -0.15) is 4.98 Å². The summed E-state index contributed by atoms with van der Waals surface area (Å²) in [5, 5.41) is 3.32. The van der Waals surface area contributed by atoms with Crippen LogP contribution in [0.15, 0.2) is 9.59 Å². The molecule has 3 rings (SSSR count). The van der Waals surface area contributed by atoms with Crippen molar-refractivity contribution in [3.63, 3.8) is 0 Å².